The lowest BCUT2D eigenvalue weighted by Crippen LogP contribution is -2.19. The van der Waals surface area contributed by atoms with Crippen molar-refractivity contribution < 1.29 is 33.6 Å². The van der Waals surface area contributed by atoms with Gasteiger partial charge in [0, 0.05) is 37.8 Å². The number of hydrogen-bond acceptors (Lipinski definition) is 8. The molecule has 0 aromatic heterocycles. The number of esters is 1. The van der Waals surface area contributed by atoms with Gasteiger partial charge in [-0.1, -0.05) is 18.2 Å². The largest absolute Gasteiger partial charge is 0.467 e. The second-order valence-electron chi connectivity index (χ2n) is 7.25. The molecule has 0 radical (unpaired) electrons. The number of nitrogens with one attached hydrogen (secondary N) is 1. The predicted molar refractivity (Wildman–Crippen MR) is 121 cm³/mol. The van der Waals surface area contributed by atoms with E-state index in [1.54, 1.807) is 43.4 Å². The van der Waals surface area contributed by atoms with Crippen LogP contribution in [0.15, 0.2) is 36.4 Å². The maximum Gasteiger partial charge on any atom is 0.342 e. The molecular formula is C24H33NO7. The first kappa shape index (κ1) is 25.6. The average Bonchev–Trinajstić information content (AvgIpc) is 2.73. The van der Waals surface area contributed by atoms with Crippen molar-refractivity contribution in [3.05, 3.63) is 47.6 Å². The summed E-state index contributed by atoms with van der Waals surface area (Å²) in [6, 6.07) is 3.29. The van der Waals surface area contributed by atoms with Crippen LogP contribution < -0.4 is 9.47 Å². The number of aliphatic hydroxyl groups is 1. The first-order chi connectivity index (χ1) is 15.4. The van der Waals surface area contributed by atoms with Gasteiger partial charge < -0.3 is 34.2 Å². The number of aliphatic hydroxyl groups excluding tert-OH is 1. The molecule has 1 aromatic carbocycles. The Balaban J connectivity index is 2.46. The summed E-state index contributed by atoms with van der Waals surface area (Å²) in [5.41, 5.74) is 1.03. The molecule has 0 aliphatic carbocycles. The Kier molecular flexibility index (Phi) is 10.9. The van der Waals surface area contributed by atoms with Gasteiger partial charge in [0.25, 0.3) is 0 Å². The smallest absolute Gasteiger partial charge is 0.342 e. The molecule has 8 heteroatoms. The Morgan fingerprint density at radius 2 is 1.81 bits per heavy atom. The standard InChI is InChI=1S/C24H33NO7/c1-4-28-15-30-21-13-18-12-19(25)9-7-11-20(26)10-6-8-17(3)32-24(27)23(18)22(14-21)31-16-29-5-2/h6-7,9-10,13-14,17,20,25-26H,4-5,8,11-12,15-16H2,1-3H3/b9-7+,10-6+,25-19?/t17-,20+/m1/s1. The summed E-state index contributed by atoms with van der Waals surface area (Å²) in [6.45, 7) is 6.44. The quantitative estimate of drug-likeness (QED) is 0.270. The predicted octanol–water partition coefficient (Wildman–Crippen LogP) is 3.81. The molecule has 2 atom stereocenters. The highest BCUT2D eigenvalue weighted by atomic mass is 16.7. The Morgan fingerprint density at radius 3 is 2.53 bits per heavy atom. The minimum Gasteiger partial charge on any atom is -0.467 e. The van der Waals surface area contributed by atoms with Crippen LogP contribution in [0.2, 0.25) is 0 Å². The van der Waals surface area contributed by atoms with Gasteiger partial charge in [-0.25, -0.2) is 4.79 Å². The highest BCUT2D eigenvalue weighted by Crippen LogP contribution is 2.31. The maximum atomic E-state index is 13.1. The zero-order valence-corrected chi connectivity index (χ0v) is 19.0. The number of carbonyl (C=O) groups is 1. The topological polar surface area (TPSA) is 107 Å². The second kappa shape index (κ2) is 13.7. The molecule has 2 rings (SSSR count). The third-order valence-corrected chi connectivity index (χ3v) is 4.59. The van der Waals surface area contributed by atoms with Crippen LogP contribution in [0.1, 0.15) is 49.5 Å². The zero-order valence-electron chi connectivity index (χ0n) is 19.0. The molecule has 0 saturated carbocycles. The summed E-state index contributed by atoms with van der Waals surface area (Å²) in [5, 5.41) is 18.3. The Bertz CT molecular complexity index is 819. The number of carbonyl (C=O) groups excluding carboxylic acids is 1. The molecule has 0 unspecified atom stereocenters. The SMILES string of the molecule is CCOCOc1cc2c(c(OCOCC)c1)C(=O)O[C@H](C)C/C=C/[C@H](O)C/C=C/C(=N)C2. The first-order valence-electron chi connectivity index (χ1n) is 10.8. The van der Waals surface area contributed by atoms with Crippen LogP contribution in [-0.4, -0.2) is 55.8 Å². The molecule has 1 heterocycles. The number of fused-ring (bicyclic) bond motifs is 1. The lowest BCUT2D eigenvalue weighted by Gasteiger charge is -2.19. The molecule has 2 N–H and O–H groups in total. The lowest BCUT2D eigenvalue weighted by molar-refractivity contribution is 0.0161. The molecule has 1 aliphatic heterocycles. The van der Waals surface area contributed by atoms with E-state index in [0.717, 1.165) is 0 Å². The van der Waals surface area contributed by atoms with Crippen molar-refractivity contribution in [2.24, 2.45) is 0 Å². The molecule has 176 valence electrons. The number of hydrogen-bond donors (Lipinski definition) is 2. The number of benzene rings is 1. The van der Waals surface area contributed by atoms with Crippen LogP contribution in [-0.2, 0) is 20.6 Å². The van der Waals surface area contributed by atoms with Crippen LogP contribution in [0.25, 0.3) is 0 Å². The van der Waals surface area contributed by atoms with E-state index in [9.17, 15) is 9.90 Å². The average molecular weight is 448 g/mol. The highest BCUT2D eigenvalue weighted by molar-refractivity contribution is 5.99. The normalized spacial score (nSPS) is 21.8. The molecule has 0 spiro atoms. The van der Waals surface area contributed by atoms with Gasteiger partial charge in [-0.15, -0.1) is 0 Å². The molecule has 0 amide bonds. The van der Waals surface area contributed by atoms with Crippen LogP contribution in [0.5, 0.6) is 11.5 Å². The maximum absolute atomic E-state index is 13.1. The Morgan fingerprint density at radius 1 is 1.09 bits per heavy atom. The summed E-state index contributed by atoms with van der Waals surface area (Å²) in [7, 11) is 0. The molecule has 8 nitrogen and oxygen atoms in total. The molecule has 0 bridgehead atoms. The summed E-state index contributed by atoms with van der Waals surface area (Å²) in [5.74, 6) is 0.147. The number of ether oxygens (including phenoxy) is 5. The van der Waals surface area contributed by atoms with E-state index in [2.05, 4.69) is 0 Å². The van der Waals surface area contributed by atoms with Gasteiger partial charge in [0.05, 0.1) is 6.10 Å². The van der Waals surface area contributed by atoms with Gasteiger partial charge in [-0.3, -0.25) is 0 Å². The lowest BCUT2D eigenvalue weighted by atomic mass is 9.99. The van der Waals surface area contributed by atoms with E-state index >= 15 is 0 Å². The zero-order chi connectivity index (χ0) is 23.3. The van der Waals surface area contributed by atoms with Crippen LogP contribution in [0, 0.1) is 5.41 Å². The van der Waals surface area contributed by atoms with E-state index in [0.29, 0.717) is 37.4 Å². The van der Waals surface area contributed by atoms with E-state index in [4.69, 9.17) is 29.1 Å². The van der Waals surface area contributed by atoms with Gasteiger partial charge >= 0.3 is 5.97 Å². The highest BCUT2D eigenvalue weighted by Gasteiger charge is 2.24. The van der Waals surface area contributed by atoms with Crippen molar-refractivity contribution in [2.45, 2.75) is 52.2 Å². The number of cyclic esters (lactones) is 1. The van der Waals surface area contributed by atoms with E-state index in [-0.39, 0.29) is 37.0 Å². The third-order valence-electron chi connectivity index (χ3n) is 4.59. The monoisotopic (exact) mass is 447 g/mol. The van der Waals surface area contributed by atoms with E-state index < -0.39 is 18.2 Å². The van der Waals surface area contributed by atoms with Crippen molar-refractivity contribution in [1.29, 1.82) is 5.41 Å². The number of rotatable bonds is 8. The molecule has 32 heavy (non-hydrogen) atoms. The first-order valence-corrected chi connectivity index (χ1v) is 10.8. The molecule has 0 fully saturated rings. The van der Waals surface area contributed by atoms with Gasteiger partial charge in [-0.05, 0) is 44.9 Å². The van der Waals surface area contributed by atoms with Gasteiger partial charge in [0.15, 0.2) is 13.6 Å². The summed E-state index contributed by atoms with van der Waals surface area (Å²) in [6.07, 6.45) is 6.74. The molecule has 1 aliphatic rings. The van der Waals surface area contributed by atoms with Crippen LogP contribution in [0.4, 0.5) is 0 Å². The third kappa shape index (κ3) is 8.45. The van der Waals surface area contributed by atoms with E-state index in [1.807, 2.05) is 13.8 Å². The molecule has 0 saturated heterocycles. The van der Waals surface area contributed by atoms with Gasteiger partial charge in [-0.2, -0.15) is 0 Å². The van der Waals surface area contributed by atoms with Gasteiger partial charge in [0.1, 0.15) is 23.2 Å². The summed E-state index contributed by atoms with van der Waals surface area (Å²) in [4.78, 5) is 13.1. The molecular weight excluding hydrogens is 414 g/mol. The van der Waals surface area contributed by atoms with Crippen LogP contribution >= 0.6 is 0 Å². The van der Waals surface area contributed by atoms with Crippen molar-refractivity contribution in [1.82, 2.24) is 0 Å². The van der Waals surface area contributed by atoms with Crippen LogP contribution in [0.3, 0.4) is 0 Å². The summed E-state index contributed by atoms with van der Waals surface area (Å²) >= 11 is 0. The van der Waals surface area contributed by atoms with Crippen molar-refractivity contribution in [2.75, 3.05) is 26.8 Å². The fraction of sp³-hybridized carbons (Fsp3) is 0.500. The molecule has 1 aromatic rings. The Labute approximate surface area is 189 Å². The van der Waals surface area contributed by atoms with Crippen molar-refractivity contribution in [3.63, 3.8) is 0 Å². The van der Waals surface area contributed by atoms with Crippen molar-refractivity contribution in [3.8, 4) is 11.5 Å². The summed E-state index contributed by atoms with van der Waals surface area (Å²) < 4.78 is 27.6. The van der Waals surface area contributed by atoms with Gasteiger partial charge in [0.2, 0.25) is 0 Å². The van der Waals surface area contributed by atoms with E-state index in [1.165, 1.54) is 0 Å². The second-order valence-corrected chi connectivity index (χ2v) is 7.25. The Hall–Kier alpha value is -2.68. The minimum atomic E-state index is -0.658. The van der Waals surface area contributed by atoms with Crippen molar-refractivity contribution >= 4 is 11.7 Å². The fourth-order valence-corrected chi connectivity index (χ4v) is 3.00. The fourth-order valence-electron chi connectivity index (χ4n) is 3.00. The number of allylic oxidation sites excluding steroid dienone is 1. The minimum absolute atomic E-state index is 0.0430.